The third-order valence-electron chi connectivity index (χ3n) is 1.61. The van der Waals surface area contributed by atoms with Gasteiger partial charge < -0.3 is 11.1 Å². The first-order valence-electron chi connectivity index (χ1n) is 4.05. The molecule has 0 unspecified atom stereocenters. The molecule has 76 valence electrons. The topological polar surface area (TPSA) is 61.8 Å². The lowest BCUT2D eigenvalue weighted by atomic mass is 10.3. The van der Waals surface area contributed by atoms with Gasteiger partial charge >= 0.3 is 0 Å². The number of anilines is 1. The lowest BCUT2D eigenvalue weighted by molar-refractivity contribution is 1.48. The maximum atomic E-state index is 8.69. The Morgan fingerprint density at radius 2 is 2.07 bits per heavy atom. The van der Waals surface area contributed by atoms with E-state index < -0.39 is 0 Å². The Labute approximate surface area is 102 Å². The number of hydrogen-bond donors (Lipinski definition) is 2. The molecule has 0 aliphatic carbocycles. The quantitative estimate of drug-likeness (QED) is 0.508. The van der Waals surface area contributed by atoms with Gasteiger partial charge in [-0.05, 0) is 24.3 Å². The Morgan fingerprint density at radius 1 is 1.47 bits per heavy atom. The van der Waals surface area contributed by atoms with Crippen molar-refractivity contribution in [2.75, 3.05) is 5.32 Å². The van der Waals surface area contributed by atoms with E-state index in [0.717, 1.165) is 10.2 Å². The number of nitrogens with zero attached hydrogens (tertiary/aromatic N) is 1. The summed E-state index contributed by atoms with van der Waals surface area (Å²) in [5.41, 5.74) is 6.45. The maximum Gasteiger partial charge on any atom is 0.116 e. The highest BCUT2D eigenvalue weighted by atomic mass is 79.9. The molecule has 0 radical (unpaired) electrons. The molecule has 0 saturated carbocycles. The molecule has 0 bridgehead atoms. The van der Waals surface area contributed by atoms with Crippen molar-refractivity contribution in [2.24, 2.45) is 5.73 Å². The second-order valence-corrected chi connectivity index (χ2v) is 4.04. The fourth-order valence-corrected chi connectivity index (χ4v) is 1.23. The van der Waals surface area contributed by atoms with E-state index in [-0.39, 0.29) is 10.6 Å². The molecule has 15 heavy (non-hydrogen) atoms. The van der Waals surface area contributed by atoms with Crippen LogP contribution in [0.15, 0.2) is 40.5 Å². The molecule has 0 aromatic heterocycles. The number of rotatable bonds is 3. The molecule has 0 heterocycles. The summed E-state index contributed by atoms with van der Waals surface area (Å²) in [7, 11) is 0. The van der Waals surface area contributed by atoms with Gasteiger partial charge in [-0.25, -0.2) is 0 Å². The highest BCUT2D eigenvalue weighted by Crippen LogP contribution is 2.14. The van der Waals surface area contributed by atoms with Crippen LogP contribution in [-0.4, -0.2) is 4.99 Å². The number of nitriles is 1. The zero-order valence-corrected chi connectivity index (χ0v) is 10.1. The molecule has 0 atom stereocenters. The highest BCUT2D eigenvalue weighted by Gasteiger charge is 1.97. The fourth-order valence-electron chi connectivity index (χ4n) is 0.860. The molecular weight excluding hydrogens is 274 g/mol. The largest absolute Gasteiger partial charge is 0.389 e. The van der Waals surface area contributed by atoms with E-state index in [1.807, 2.05) is 30.3 Å². The van der Waals surface area contributed by atoms with Crippen molar-refractivity contribution < 1.29 is 0 Å². The van der Waals surface area contributed by atoms with Gasteiger partial charge in [0.05, 0.1) is 0 Å². The molecule has 1 aromatic carbocycles. The Bertz CT molecular complexity index is 431. The molecule has 0 spiro atoms. The first-order chi connectivity index (χ1) is 7.13. The first kappa shape index (κ1) is 11.7. The molecule has 0 aliphatic heterocycles. The maximum absolute atomic E-state index is 8.69. The van der Waals surface area contributed by atoms with Crippen LogP contribution in [0, 0.1) is 11.3 Å². The van der Waals surface area contributed by atoms with Crippen molar-refractivity contribution in [3.63, 3.8) is 0 Å². The van der Waals surface area contributed by atoms with Crippen molar-refractivity contribution in [3.05, 3.63) is 40.5 Å². The Morgan fingerprint density at radius 3 is 2.53 bits per heavy atom. The van der Waals surface area contributed by atoms with Crippen LogP contribution in [-0.2, 0) is 0 Å². The van der Waals surface area contributed by atoms with Crippen LogP contribution in [0.5, 0.6) is 0 Å². The van der Waals surface area contributed by atoms with Crippen LogP contribution in [0.25, 0.3) is 0 Å². The molecule has 0 aliphatic rings. The van der Waals surface area contributed by atoms with Gasteiger partial charge in [-0.15, -0.1) is 0 Å². The zero-order chi connectivity index (χ0) is 11.3. The lowest BCUT2D eigenvalue weighted by Crippen LogP contribution is -2.11. The standard InChI is InChI=1S/C10H8BrN3S/c11-8-1-3-9(4-2-8)14-6-7(5-12)10(13)15/h1-4,6,14H,(H2,13,15). The average molecular weight is 282 g/mol. The number of hydrogen-bond acceptors (Lipinski definition) is 3. The van der Waals surface area contributed by atoms with E-state index in [1.54, 1.807) is 0 Å². The van der Waals surface area contributed by atoms with Gasteiger partial charge in [0, 0.05) is 16.4 Å². The molecular formula is C10H8BrN3S. The van der Waals surface area contributed by atoms with Crippen LogP contribution in [0.3, 0.4) is 0 Å². The van der Waals surface area contributed by atoms with Gasteiger partial charge in [0.15, 0.2) is 0 Å². The van der Waals surface area contributed by atoms with E-state index in [2.05, 4.69) is 21.2 Å². The van der Waals surface area contributed by atoms with Crippen LogP contribution in [0.4, 0.5) is 5.69 Å². The smallest absolute Gasteiger partial charge is 0.116 e. The van der Waals surface area contributed by atoms with Crippen molar-refractivity contribution in [1.29, 1.82) is 5.26 Å². The second kappa shape index (κ2) is 5.49. The molecule has 3 nitrogen and oxygen atoms in total. The monoisotopic (exact) mass is 281 g/mol. The Balaban J connectivity index is 2.76. The SMILES string of the molecule is N#CC(=CNc1ccc(Br)cc1)C(N)=S. The predicted molar refractivity (Wildman–Crippen MR) is 68.2 cm³/mol. The number of halogens is 1. The van der Waals surface area contributed by atoms with Crippen LogP contribution in [0.2, 0.25) is 0 Å². The zero-order valence-electron chi connectivity index (χ0n) is 7.70. The summed E-state index contributed by atoms with van der Waals surface area (Å²) >= 11 is 8.02. The summed E-state index contributed by atoms with van der Waals surface area (Å²) in [6.07, 6.45) is 1.49. The van der Waals surface area contributed by atoms with Gasteiger partial charge in [-0.3, -0.25) is 0 Å². The van der Waals surface area contributed by atoms with E-state index in [4.69, 9.17) is 23.2 Å². The summed E-state index contributed by atoms with van der Waals surface area (Å²) in [4.78, 5) is 0.0853. The van der Waals surface area contributed by atoms with Crippen molar-refractivity contribution >= 4 is 38.8 Å². The van der Waals surface area contributed by atoms with Gasteiger partial charge in [-0.1, -0.05) is 28.1 Å². The first-order valence-corrected chi connectivity index (χ1v) is 5.26. The average Bonchev–Trinajstić information content (AvgIpc) is 2.21. The van der Waals surface area contributed by atoms with Crippen LogP contribution < -0.4 is 11.1 Å². The molecule has 1 rings (SSSR count). The third-order valence-corrected chi connectivity index (χ3v) is 2.36. The molecule has 0 saturated heterocycles. The lowest BCUT2D eigenvalue weighted by Gasteiger charge is -2.01. The third kappa shape index (κ3) is 3.70. The molecule has 1 aromatic rings. The number of thiocarbonyl (C=S) groups is 1. The van der Waals surface area contributed by atoms with Crippen LogP contribution >= 0.6 is 28.1 Å². The van der Waals surface area contributed by atoms with E-state index >= 15 is 0 Å². The molecule has 0 fully saturated rings. The molecule has 3 N–H and O–H groups in total. The second-order valence-electron chi connectivity index (χ2n) is 2.69. The summed E-state index contributed by atoms with van der Waals surface area (Å²) < 4.78 is 0.992. The Hall–Kier alpha value is -1.38. The van der Waals surface area contributed by atoms with Gasteiger partial charge in [0.1, 0.15) is 16.6 Å². The minimum atomic E-state index is 0.0853. The number of nitrogens with two attached hydrogens (primary N) is 1. The van der Waals surface area contributed by atoms with E-state index in [9.17, 15) is 0 Å². The van der Waals surface area contributed by atoms with Crippen molar-refractivity contribution in [3.8, 4) is 6.07 Å². The summed E-state index contributed by atoms with van der Waals surface area (Å²) in [6.45, 7) is 0. The summed E-state index contributed by atoms with van der Waals surface area (Å²) in [5, 5.41) is 11.6. The Kier molecular flexibility index (Phi) is 4.28. The highest BCUT2D eigenvalue weighted by molar-refractivity contribution is 9.10. The van der Waals surface area contributed by atoms with E-state index in [1.165, 1.54) is 6.20 Å². The van der Waals surface area contributed by atoms with Crippen molar-refractivity contribution in [1.82, 2.24) is 0 Å². The predicted octanol–water partition coefficient (Wildman–Crippen LogP) is 2.55. The van der Waals surface area contributed by atoms with Crippen LogP contribution in [0.1, 0.15) is 0 Å². The van der Waals surface area contributed by atoms with Gasteiger partial charge in [-0.2, -0.15) is 5.26 Å². The fraction of sp³-hybridized carbons (Fsp3) is 0. The van der Waals surface area contributed by atoms with Gasteiger partial charge in [0.2, 0.25) is 0 Å². The summed E-state index contributed by atoms with van der Waals surface area (Å²) in [6, 6.07) is 9.43. The molecule has 0 amide bonds. The number of nitrogens with one attached hydrogen (secondary N) is 1. The van der Waals surface area contributed by atoms with Crippen molar-refractivity contribution in [2.45, 2.75) is 0 Å². The number of benzene rings is 1. The minimum absolute atomic E-state index is 0.0853. The van der Waals surface area contributed by atoms with Gasteiger partial charge in [0.25, 0.3) is 0 Å². The summed E-state index contributed by atoms with van der Waals surface area (Å²) in [5.74, 6) is 0. The minimum Gasteiger partial charge on any atom is -0.389 e. The van der Waals surface area contributed by atoms with E-state index in [0.29, 0.717) is 0 Å². The normalized spacial score (nSPS) is 10.5. The molecule has 5 heteroatoms.